The first kappa shape index (κ1) is 21.1. The van der Waals surface area contributed by atoms with Gasteiger partial charge in [0, 0.05) is 23.8 Å². The van der Waals surface area contributed by atoms with Crippen molar-refractivity contribution in [1.82, 2.24) is 14.8 Å². The number of aliphatic carboxylic acids is 1. The number of carbonyl (C=O) groups is 1. The van der Waals surface area contributed by atoms with Gasteiger partial charge < -0.3 is 5.11 Å². The highest BCUT2D eigenvalue weighted by Gasteiger charge is 2.13. The standard InChI is InChI=1S/C21H24FN3O3S/c1-14(2)8-9-29(28)18-10-16-12-24-25(21(16)23-13-18)17-7-6-15(19(22)11-17)4-3-5-20(26)27/h6-7,10-14H,3-5,8-9H2,1-2H3,(H,26,27)/t29-/m1/s1. The molecule has 1 atom stereocenters. The second-order valence-corrected chi connectivity index (χ2v) is 8.97. The van der Waals surface area contributed by atoms with E-state index in [0.717, 1.165) is 11.8 Å². The number of hydrogen-bond donors (Lipinski definition) is 1. The van der Waals surface area contributed by atoms with Crippen molar-refractivity contribution in [2.45, 2.75) is 44.4 Å². The second kappa shape index (κ2) is 9.26. The summed E-state index contributed by atoms with van der Waals surface area (Å²) in [6, 6.07) is 6.58. The van der Waals surface area contributed by atoms with Crippen LogP contribution < -0.4 is 0 Å². The third-order valence-electron chi connectivity index (χ3n) is 4.64. The molecule has 2 heterocycles. The molecule has 0 unspecified atom stereocenters. The summed E-state index contributed by atoms with van der Waals surface area (Å²) in [4.78, 5) is 15.7. The van der Waals surface area contributed by atoms with Crippen LogP contribution in [-0.4, -0.2) is 35.8 Å². The predicted molar refractivity (Wildman–Crippen MR) is 110 cm³/mol. The molecule has 6 nitrogen and oxygen atoms in total. The minimum Gasteiger partial charge on any atom is -0.481 e. The Hall–Kier alpha value is -2.61. The van der Waals surface area contributed by atoms with E-state index < -0.39 is 22.6 Å². The van der Waals surface area contributed by atoms with E-state index in [1.807, 2.05) is 6.07 Å². The number of hydrogen-bond acceptors (Lipinski definition) is 4. The zero-order chi connectivity index (χ0) is 21.0. The molecule has 1 aromatic carbocycles. The number of rotatable bonds is 9. The Bertz CT molecular complexity index is 1050. The number of aryl methyl sites for hydroxylation is 1. The Labute approximate surface area is 171 Å². The molecule has 0 aliphatic heterocycles. The number of carboxylic acid groups (broad SMARTS) is 1. The fraction of sp³-hybridized carbons (Fsp3) is 0.381. The second-order valence-electron chi connectivity index (χ2n) is 7.40. The highest BCUT2D eigenvalue weighted by molar-refractivity contribution is 7.85. The van der Waals surface area contributed by atoms with Crippen LogP contribution >= 0.6 is 0 Å². The number of benzene rings is 1. The Kier molecular flexibility index (Phi) is 6.74. The van der Waals surface area contributed by atoms with Gasteiger partial charge in [-0.25, -0.2) is 14.1 Å². The third kappa shape index (κ3) is 5.26. The molecule has 29 heavy (non-hydrogen) atoms. The van der Waals surface area contributed by atoms with E-state index in [4.69, 9.17) is 5.11 Å². The van der Waals surface area contributed by atoms with Crippen molar-refractivity contribution in [1.29, 1.82) is 0 Å². The molecule has 3 rings (SSSR count). The minimum atomic E-state index is -1.11. The number of pyridine rings is 1. The minimum absolute atomic E-state index is 0.00970. The summed E-state index contributed by atoms with van der Waals surface area (Å²) in [5.41, 5.74) is 1.57. The molecule has 2 aromatic heterocycles. The smallest absolute Gasteiger partial charge is 0.303 e. The maximum atomic E-state index is 14.4. The summed E-state index contributed by atoms with van der Waals surface area (Å²) in [5, 5.41) is 13.8. The average Bonchev–Trinajstić information content (AvgIpc) is 3.10. The lowest BCUT2D eigenvalue weighted by atomic mass is 10.1. The van der Waals surface area contributed by atoms with E-state index in [1.54, 1.807) is 29.2 Å². The van der Waals surface area contributed by atoms with Crippen LogP contribution in [0.25, 0.3) is 16.7 Å². The first-order valence-corrected chi connectivity index (χ1v) is 10.9. The molecule has 0 aliphatic rings. The zero-order valence-corrected chi connectivity index (χ0v) is 17.3. The van der Waals surface area contributed by atoms with Crippen molar-refractivity contribution in [2.24, 2.45) is 5.92 Å². The Balaban J connectivity index is 1.80. The molecule has 0 saturated heterocycles. The number of halogens is 1. The van der Waals surface area contributed by atoms with Crippen molar-refractivity contribution in [2.75, 3.05) is 5.75 Å². The van der Waals surface area contributed by atoms with Crippen LogP contribution in [-0.2, 0) is 22.0 Å². The molecule has 0 aliphatic carbocycles. The van der Waals surface area contributed by atoms with Gasteiger partial charge in [0.25, 0.3) is 0 Å². The predicted octanol–water partition coefficient (Wildman–Crippen LogP) is 4.12. The van der Waals surface area contributed by atoms with E-state index >= 15 is 0 Å². The van der Waals surface area contributed by atoms with Gasteiger partial charge in [0.15, 0.2) is 5.65 Å². The summed E-state index contributed by atoms with van der Waals surface area (Å²) in [6.07, 6.45) is 4.85. The number of nitrogens with zero attached hydrogens (tertiary/aromatic N) is 3. The lowest BCUT2D eigenvalue weighted by Gasteiger charge is -2.08. The van der Waals surface area contributed by atoms with Crippen LogP contribution in [0, 0.1) is 11.7 Å². The Morgan fingerprint density at radius 2 is 2.07 bits per heavy atom. The van der Waals surface area contributed by atoms with Gasteiger partial charge in [-0.15, -0.1) is 0 Å². The van der Waals surface area contributed by atoms with Gasteiger partial charge in [-0.3, -0.25) is 9.00 Å². The number of aromatic nitrogens is 3. The van der Waals surface area contributed by atoms with Crippen LogP contribution in [0.5, 0.6) is 0 Å². The zero-order valence-electron chi connectivity index (χ0n) is 16.5. The van der Waals surface area contributed by atoms with Gasteiger partial charge in [-0.2, -0.15) is 5.10 Å². The molecule has 0 fully saturated rings. The molecule has 8 heteroatoms. The van der Waals surface area contributed by atoms with Crippen molar-refractivity contribution >= 4 is 27.8 Å². The van der Waals surface area contributed by atoms with Gasteiger partial charge >= 0.3 is 5.97 Å². The van der Waals surface area contributed by atoms with E-state index in [0.29, 0.717) is 46.3 Å². The Morgan fingerprint density at radius 3 is 2.76 bits per heavy atom. The summed E-state index contributed by atoms with van der Waals surface area (Å²) < 4.78 is 28.4. The number of fused-ring (bicyclic) bond motifs is 1. The summed E-state index contributed by atoms with van der Waals surface area (Å²) in [7, 11) is -1.11. The van der Waals surface area contributed by atoms with Crippen molar-refractivity contribution in [3.63, 3.8) is 0 Å². The molecule has 0 amide bonds. The van der Waals surface area contributed by atoms with Crippen molar-refractivity contribution in [3.8, 4) is 5.69 Å². The van der Waals surface area contributed by atoms with E-state index in [-0.39, 0.29) is 6.42 Å². The SMILES string of the molecule is CC(C)CC[S@@](=O)c1cnc2c(cnn2-c2ccc(CCCC(=O)O)c(F)c2)c1. The first-order valence-electron chi connectivity index (χ1n) is 9.58. The summed E-state index contributed by atoms with van der Waals surface area (Å²) >= 11 is 0. The van der Waals surface area contributed by atoms with Crippen LogP contribution in [0.15, 0.2) is 41.6 Å². The largest absolute Gasteiger partial charge is 0.481 e. The molecular formula is C21H24FN3O3S. The van der Waals surface area contributed by atoms with Gasteiger partial charge in [0.2, 0.25) is 0 Å². The average molecular weight is 418 g/mol. The van der Waals surface area contributed by atoms with E-state index in [9.17, 15) is 13.4 Å². The first-order chi connectivity index (χ1) is 13.8. The molecule has 0 radical (unpaired) electrons. The lowest BCUT2D eigenvalue weighted by Crippen LogP contribution is -2.03. The fourth-order valence-electron chi connectivity index (χ4n) is 2.98. The molecule has 0 bridgehead atoms. The summed E-state index contributed by atoms with van der Waals surface area (Å²) in [6.45, 7) is 4.19. The molecular weight excluding hydrogens is 393 g/mol. The van der Waals surface area contributed by atoms with Gasteiger partial charge in [0.05, 0.1) is 27.6 Å². The fourth-order valence-corrected chi connectivity index (χ4v) is 4.33. The molecule has 0 saturated carbocycles. The topological polar surface area (TPSA) is 85.1 Å². The highest BCUT2D eigenvalue weighted by atomic mass is 32.2. The van der Waals surface area contributed by atoms with Gasteiger partial charge in [-0.1, -0.05) is 19.9 Å². The third-order valence-corrected chi connectivity index (χ3v) is 6.00. The monoisotopic (exact) mass is 417 g/mol. The van der Waals surface area contributed by atoms with Crippen LogP contribution in [0.4, 0.5) is 4.39 Å². The van der Waals surface area contributed by atoms with Crippen molar-refractivity contribution in [3.05, 3.63) is 48.0 Å². The molecule has 154 valence electrons. The molecule has 3 aromatic rings. The van der Waals surface area contributed by atoms with Gasteiger partial charge in [0.1, 0.15) is 5.82 Å². The summed E-state index contributed by atoms with van der Waals surface area (Å²) in [5.74, 6) is -0.211. The number of carboxylic acids is 1. The maximum absolute atomic E-state index is 14.4. The van der Waals surface area contributed by atoms with Crippen LogP contribution in [0.2, 0.25) is 0 Å². The quantitative estimate of drug-likeness (QED) is 0.566. The normalized spacial score (nSPS) is 12.6. The van der Waals surface area contributed by atoms with Crippen LogP contribution in [0.3, 0.4) is 0 Å². The molecule has 1 N–H and O–H groups in total. The van der Waals surface area contributed by atoms with E-state index in [1.165, 1.54) is 6.07 Å². The van der Waals surface area contributed by atoms with Crippen molar-refractivity contribution < 1.29 is 18.5 Å². The molecule has 0 spiro atoms. The maximum Gasteiger partial charge on any atom is 0.303 e. The lowest BCUT2D eigenvalue weighted by molar-refractivity contribution is -0.137. The Morgan fingerprint density at radius 1 is 1.28 bits per heavy atom. The van der Waals surface area contributed by atoms with Gasteiger partial charge in [-0.05, 0) is 48.9 Å². The van der Waals surface area contributed by atoms with E-state index in [2.05, 4.69) is 23.9 Å². The highest BCUT2D eigenvalue weighted by Crippen LogP contribution is 2.22. The van der Waals surface area contributed by atoms with Crippen LogP contribution in [0.1, 0.15) is 38.7 Å².